The van der Waals surface area contributed by atoms with Crippen molar-refractivity contribution >= 4 is 11.8 Å². The molecule has 0 unspecified atom stereocenters. The number of primary amides is 1. The van der Waals surface area contributed by atoms with Crippen molar-refractivity contribution in [2.45, 2.75) is 24.4 Å². The van der Waals surface area contributed by atoms with Gasteiger partial charge in [0.1, 0.15) is 35.2 Å². The Balaban J connectivity index is 1.81. The lowest BCUT2D eigenvalue weighted by atomic mass is 9.82. The molecule has 0 spiro atoms. The topological polar surface area (TPSA) is 107 Å². The van der Waals surface area contributed by atoms with Gasteiger partial charge in [-0.3, -0.25) is 9.59 Å². The number of ether oxygens (including phenoxy) is 1. The molecule has 3 aromatic rings. The van der Waals surface area contributed by atoms with E-state index in [1.807, 2.05) is 0 Å². The fourth-order valence-corrected chi connectivity index (χ4v) is 3.67. The Labute approximate surface area is 190 Å². The lowest BCUT2D eigenvalue weighted by molar-refractivity contribution is -0.149. The summed E-state index contributed by atoms with van der Waals surface area (Å²) in [6.45, 7) is 0.426. The molecule has 0 aliphatic carbocycles. The zero-order valence-electron chi connectivity index (χ0n) is 17.8. The number of nitrogens with one attached hydrogen (secondary N) is 1. The first-order chi connectivity index (χ1) is 16.0. The maximum absolute atomic E-state index is 14.1. The molecule has 0 saturated heterocycles. The van der Waals surface area contributed by atoms with Crippen LogP contribution in [0.1, 0.15) is 34.7 Å². The maximum atomic E-state index is 14.1. The predicted octanol–water partition coefficient (Wildman–Crippen LogP) is 3.69. The van der Waals surface area contributed by atoms with Crippen LogP contribution in [0.4, 0.5) is 17.6 Å². The molecule has 1 aliphatic heterocycles. The second-order valence-corrected chi connectivity index (χ2v) is 8.05. The van der Waals surface area contributed by atoms with Crippen LogP contribution in [0.25, 0.3) is 11.3 Å². The van der Waals surface area contributed by atoms with Crippen LogP contribution >= 0.6 is 0 Å². The summed E-state index contributed by atoms with van der Waals surface area (Å²) in [6, 6.07) is 8.80. The van der Waals surface area contributed by atoms with Crippen molar-refractivity contribution in [1.29, 1.82) is 0 Å². The minimum Gasteiger partial charge on any atom is -0.489 e. The molecule has 11 heteroatoms. The Kier molecular flexibility index (Phi) is 5.80. The fourth-order valence-electron chi connectivity index (χ4n) is 3.67. The molecule has 7 nitrogen and oxygen atoms in total. The average Bonchev–Trinajstić information content (AvgIpc) is 3.43. The van der Waals surface area contributed by atoms with Gasteiger partial charge < -0.3 is 20.2 Å². The average molecular weight is 477 g/mol. The number of amides is 2. The number of pyridine rings is 1. The minimum absolute atomic E-state index is 0.00378. The summed E-state index contributed by atoms with van der Waals surface area (Å²) in [5.41, 5.74) is 4.10. The van der Waals surface area contributed by atoms with Gasteiger partial charge in [0.2, 0.25) is 5.91 Å². The number of nitrogens with two attached hydrogens (primary N) is 1. The first-order valence-corrected chi connectivity index (χ1v) is 10.1. The summed E-state index contributed by atoms with van der Waals surface area (Å²) in [4.78, 5) is 28.5. The molecule has 0 saturated carbocycles. The number of aromatic nitrogens is 1. The monoisotopic (exact) mass is 477 g/mol. The highest BCUT2D eigenvalue weighted by Crippen LogP contribution is 2.46. The number of carbonyl (C=O) groups excluding carboxylic acids is 2. The molecule has 34 heavy (non-hydrogen) atoms. The van der Waals surface area contributed by atoms with Crippen molar-refractivity contribution in [3.8, 4) is 17.0 Å². The van der Waals surface area contributed by atoms with E-state index in [2.05, 4.69) is 10.3 Å². The number of hydrogen-bond acceptors (Lipinski definition) is 5. The van der Waals surface area contributed by atoms with Crippen LogP contribution in [-0.2, 0) is 10.2 Å². The van der Waals surface area contributed by atoms with Crippen LogP contribution in [-0.4, -0.2) is 36.1 Å². The van der Waals surface area contributed by atoms with Crippen LogP contribution in [0.3, 0.4) is 0 Å². The number of carbonyl (C=O) groups is 2. The summed E-state index contributed by atoms with van der Waals surface area (Å²) < 4.78 is 66.3. The van der Waals surface area contributed by atoms with Gasteiger partial charge in [0, 0.05) is 17.7 Å². The highest BCUT2D eigenvalue weighted by molar-refractivity contribution is 5.91. The zero-order chi connectivity index (χ0) is 24.7. The first kappa shape index (κ1) is 23.3. The van der Waals surface area contributed by atoms with Gasteiger partial charge in [0.15, 0.2) is 5.76 Å². The van der Waals surface area contributed by atoms with Crippen LogP contribution in [0.15, 0.2) is 53.1 Å². The Morgan fingerprint density at radius 1 is 1.24 bits per heavy atom. The second-order valence-electron chi connectivity index (χ2n) is 8.05. The Bertz CT molecular complexity index is 1230. The Hall–Kier alpha value is -3.89. The van der Waals surface area contributed by atoms with E-state index in [1.54, 1.807) is 0 Å². The van der Waals surface area contributed by atoms with Crippen molar-refractivity contribution < 1.29 is 36.3 Å². The van der Waals surface area contributed by atoms with Crippen molar-refractivity contribution in [2.75, 3.05) is 13.2 Å². The van der Waals surface area contributed by atoms with E-state index in [-0.39, 0.29) is 34.9 Å². The van der Waals surface area contributed by atoms with Crippen LogP contribution in [0.5, 0.6) is 5.75 Å². The molecule has 2 aromatic heterocycles. The van der Waals surface area contributed by atoms with Gasteiger partial charge >= 0.3 is 6.18 Å². The SMILES string of the molecule is C[C@]1(C(N)=O)COc2c1cc([C@@H](CNC(=O)c1ccco1)C(F)(F)F)nc2-c1ccc(F)cc1. The lowest BCUT2D eigenvalue weighted by Crippen LogP contribution is -2.40. The Morgan fingerprint density at radius 3 is 2.53 bits per heavy atom. The Morgan fingerprint density at radius 2 is 1.94 bits per heavy atom. The molecular weight excluding hydrogens is 458 g/mol. The number of furan rings is 1. The van der Waals surface area contributed by atoms with E-state index in [4.69, 9.17) is 14.9 Å². The molecular formula is C23H19F4N3O4. The summed E-state index contributed by atoms with van der Waals surface area (Å²) in [6.07, 6.45) is -3.59. The molecule has 178 valence electrons. The highest BCUT2D eigenvalue weighted by atomic mass is 19.4. The van der Waals surface area contributed by atoms with Gasteiger partial charge in [-0.15, -0.1) is 0 Å². The largest absolute Gasteiger partial charge is 0.489 e. The van der Waals surface area contributed by atoms with E-state index in [0.29, 0.717) is 0 Å². The predicted molar refractivity (Wildman–Crippen MR) is 112 cm³/mol. The zero-order valence-corrected chi connectivity index (χ0v) is 17.8. The number of fused-ring (bicyclic) bond motifs is 1. The molecule has 2 amide bonds. The van der Waals surface area contributed by atoms with Crippen LogP contribution in [0, 0.1) is 5.82 Å². The molecule has 3 heterocycles. The summed E-state index contributed by atoms with van der Waals surface area (Å²) in [5, 5.41) is 2.20. The summed E-state index contributed by atoms with van der Waals surface area (Å²) in [7, 11) is 0. The fraction of sp³-hybridized carbons (Fsp3) is 0.261. The first-order valence-electron chi connectivity index (χ1n) is 10.1. The standard InChI is InChI=1S/C23H19F4N3O4/c1-22(21(28)32)11-34-19-14(22)9-16(30-18(19)12-4-6-13(24)7-5-12)15(23(25,26)27)10-29-20(31)17-3-2-8-33-17/h2-9,15H,10-11H2,1H3,(H2,28,32)(H,29,31)/t15-,22+/m1/s1. The van der Waals surface area contributed by atoms with Gasteiger partial charge in [-0.25, -0.2) is 9.37 Å². The minimum atomic E-state index is -4.81. The van der Waals surface area contributed by atoms with Crippen LogP contribution < -0.4 is 15.8 Å². The van der Waals surface area contributed by atoms with Crippen molar-refractivity contribution in [3.05, 3.63) is 71.6 Å². The number of alkyl halides is 3. The van der Waals surface area contributed by atoms with E-state index >= 15 is 0 Å². The maximum Gasteiger partial charge on any atom is 0.398 e. The van der Waals surface area contributed by atoms with E-state index < -0.39 is 47.4 Å². The summed E-state index contributed by atoms with van der Waals surface area (Å²) >= 11 is 0. The third-order valence-electron chi connectivity index (χ3n) is 5.72. The van der Waals surface area contributed by atoms with Gasteiger partial charge in [-0.05, 0) is 49.4 Å². The normalized spacial score (nSPS) is 18.1. The molecule has 3 N–H and O–H groups in total. The molecule has 4 rings (SSSR count). The number of hydrogen-bond donors (Lipinski definition) is 2. The number of rotatable bonds is 6. The number of benzene rings is 1. The van der Waals surface area contributed by atoms with E-state index in [9.17, 15) is 27.2 Å². The third kappa shape index (κ3) is 4.20. The molecule has 0 radical (unpaired) electrons. The lowest BCUT2D eigenvalue weighted by Gasteiger charge is -2.23. The molecule has 2 atom stereocenters. The smallest absolute Gasteiger partial charge is 0.398 e. The van der Waals surface area contributed by atoms with E-state index in [0.717, 1.165) is 18.2 Å². The van der Waals surface area contributed by atoms with E-state index in [1.165, 1.54) is 37.5 Å². The third-order valence-corrected chi connectivity index (χ3v) is 5.72. The van der Waals surface area contributed by atoms with Crippen LogP contribution in [0.2, 0.25) is 0 Å². The number of nitrogens with zero attached hydrogens (tertiary/aromatic N) is 1. The quantitative estimate of drug-likeness (QED) is 0.527. The van der Waals surface area contributed by atoms with Crippen molar-refractivity contribution in [1.82, 2.24) is 10.3 Å². The van der Waals surface area contributed by atoms with Gasteiger partial charge in [-0.2, -0.15) is 13.2 Å². The van der Waals surface area contributed by atoms with Crippen molar-refractivity contribution in [3.63, 3.8) is 0 Å². The molecule has 1 aromatic carbocycles. The van der Waals surface area contributed by atoms with Gasteiger partial charge in [0.25, 0.3) is 5.91 Å². The second kappa shape index (κ2) is 8.47. The van der Waals surface area contributed by atoms with Crippen molar-refractivity contribution in [2.24, 2.45) is 5.73 Å². The molecule has 0 fully saturated rings. The van der Waals surface area contributed by atoms with Gasteiger partial charge in [-0.1, -0.05) is 0 Å². The molecule has 0 bridgehead atoms. The molecule has 1 aliphatic rings. The highest BCUT2D eigenvalue weighted by Gasteiger charge is 2.47. The summed E-state index contributed by atoms with van der Waals surface area (Å²) in [5.74, 6) is -4.45. The number of halogens is 4. The van der Waals surface area contributed by atoms with Gasteiger partial charge in [0.05, 0.1) is 12.0 Å².